The minimum Gasteiger partial charge on any atom is -0.496 e. The number of methoxy groups -OCH3 is 2. The number of guanidine groups is 1. The summed E-state index contributed by atoms with van der Waals surface area (Å²) >= 11 is 0. The molecule has 0 radical (unpaired) electrons. The molecule has 0 spiro atoms. The zero-order chi connectivity index (χ0) is 23.5. The van der Waals surface area contributed by atoms with Crippen molar-refractivity contribution >= 4 is 35.9 Å². The zero-order valence-electron chi connectivity index (χ0n) is 20.1. The molecule has 33 heavy (non-hydrogen) atoms. The van der Waals surface area contributed by atoms with Gasteiger partial charge >= 0.3 is 5.97 Å². The number of carbonyl (C=O) groups excluding carboxylic acids is 1. The quantitative estimate of drug-likeness (QED) is 0.190. The van der Waals surface area contributed by atoms with E-state index in [2.05, 4.69) is 15.6 Å². The highest BCUT2D eigenvalue weighted by Crippen LogP contribution is 2.30. The fourth-order valence-electron chi connectivity index (χ4n) is 3.14. The van der Waals surface area contributed by atoms with Crippen molar-refractivity contribution in [3.05, 3.63) is 53.1 Å². The van der Waals surface area contributed by atoms with Gasteiger partial charge in [0, 0.05) is 13.6 Å². The number of nitrogens with zero attached hydrogens (tertiary/aromatic N) is 1. The standard InChI is InChI=1S/C24H33N3O5.HI/c1-7-31-21-12-10-18(14-22(21)32-8-2)16(3)27-24(25-4)26-15-17-9-11-20(29-5)19(13-17)23(28)30-6;/h9-14,16H,7-8,15H2,1-6H3,(H2,25,26,27);1H. The summed E-state index contributed by atoms with van der Waals surface area (Å²) < 4.78 is 21.5. The monoisotopic (exact) mass is 571 g/mol. The molecule has 1 unspecified atom stereocenters. The van der Waals surface area contributed by atoms with Crippen LogP contribution in [-0.4, -0.2) is 46.4 Å². The molecule has 0 aromatic heterocycles. The first kappa shape index (κ1) is 28.3. The molecule has 2 N–H and O–H groups in total. The number of aliphatic imine (C=N–C) groups is 1. The van der Waals surface area contributed by atoms with Gasteiger partial charge in [0.25, 0.3) is 0 Å². The summed E-state index contributed by atoms with van der Waals surface area (Å²) in [5, 5.41) is 6.64. The van der Waals surface area contributed by atoms with E-state index in [1.807, 2.05) is 45.0 Å². The number of hydrogen-bond acceptors (Lipinski definition) is 6. The maximum Gasteiger partial charge on any atom is 0.341 e. The first-order valence-electron chi connectivity index (χ1n) is 10.6. The summed E-state index contributed by atoms with van der Waals surface area (Å²) in [5.41, 5.74) is 2.31. The molecule has 2 aromatic rings. The van der Waals surface area contributed by atoms with Crippen LogP contribution in [0.4, 0.5) is 0 Å². The van der Waals surface area contributed by atoms with Crippen LogP contribution in [0.25, 0.3) is 0 Å². The summed E-state index contributed by atoms with van der Waals surface area (Å²) in [4.78, 5) is 16.3. The van der Waals surface area contributed by atoms with Gasteiger partial charge in [0.1, 0.15) is 11.3 Å². The molecular formula is C24H34IN3O5. The van der Waals surface area contributed by atoms with Crippen LogP contribution >= 0.6 is 24.0 Å². The van der Waals surface area contributed by atoms with E-state index in [9.17, 15) is 4.79 Å². The van der Waals surface area contributed by atoms with Crippen molar-refractivity contribution in [2.75, 3.05) is 34.5 Å². The Kier molecular flexibility index (Phi) is 12.4. The van der Waals surface area contributed by atoms with Gasteiger partial charge in [-0.15, -0.1) is 24.0 Å². The van der Waals surface area contributed by atoms with Crippen LogP contribution in [0.3, 0.4) is 0 Å². The Labute approximate surface area is 213 Å². The predicted molar refractivity (Wildman–Crippen MR) is 140 cm³/mol. The van der Waals surface area contributed by atoms with Gasteiger partial charge in [-0.2, -0.15) is 0 Å². The number of hydrogen-bond donors (Lipinski definition) is 2. The Hall–Kier alpha value is -2.69. The normalized spacial score (nSPS) is 11.6. The predicted octanol–water partition coefficient (Wildman–Crippen LogP) is 4.32. The third kappa shape index (κ3) is 7.99. The Morgan fingerprint density at radius 3 is 2.27 bits per heavy atom. The largest absolute Gasteiger partial charge is 0.496 e. The van der Waals surface area contributed by atoms with Crippen molar-refractivity contribution in [3.8, 4) is 17.2 Å². The summed E-state index contributed by atoms with van der Waals surface area (Å²) in [5.74, 6) is 2.10. The van der Waals surface area contributed by atoms with E-state index >= 15 is 0 Å². The van der Waals surface area contributed by atoms with Gasteiger partial charge in [-0.05, 0) is 56.2 Å². The molecule has 9 heteroatoms. The molecule has 0 aliphatic carbocycles. The minimum atomic E-state index is -0.444. The van der Waals surface area contributed by atoms with Crippen LogP contribution in [0.2, 0.25) is 0 Å². The third-order valence-corrected chi connectivity index (χ3v) is 4.77. The molecule has 182 valence electrons. The molecule has 0 amide bonds. The van der Waals surface area contributed by atoms with Crippen LogP contribution in [0.15, 0.2) is 41.4 Å². The van der Waals surface area contributed by atoms with Gasteiger partial charge in [-0.1, -0.05) is 12.1 Å². The van der Waals surface area contributed by atoms with Gasteiger partial charge in [-0.3, -0.25) is 4.99 Å². The number of esters is 1. The molecule has 0 heterocycles. The molecule has 2 rings (SSSR count). The molecule has 1 atom stereocenters. The van der Waals surface area contributed by atoms with Crippen molar-refractivity contribution in [1.82, 2.24) is 10.6 Å². The van der Waals surface area contributed by atoms with E-state index in [0.29, 0.717) is 37.0 Å². The van der Waals surface area contributed by atoms with Crippen molar-refractivity contribution < 1.29 is 23.7 Å². The van der Waals surface area contributed by atoms with E-state index in [-0.39, 0.29) is 30.0 Å². The van der Waals surface area contributed by atoms with E-state index in [0.717, 1.165) is 22.6 Å². The van der Waals surface area contributed by atoms with Crippen molar-refractivity contribution in [3.63, 3.8) is 0 Å². The van der Waals surface area contributed by atoms with Gasteiger partial charge in [0.05, 0.1) is 33.5 Å². The zero-order valence-corrected chi connectivity index (χ0v) is 22.4. The van der Waals surface area contributed by atoms with Crippen LogP contribution in [0, 0.1) is 0 Å². The molecular weight excluding hydrogens is 537 g/mol. The number of nitrogens with one attached hydrogen (secondary N) is 2. The van der Waals surface area contributed by atoms with Crippen LogP contribution in [0.1, 0.15) is 48.3 Å². The van der Waals surface area contributed by atoms with Crippen LogP contribution in [-0.2, 0) is 11.3 Å². The fraction of sp³-hybridized carbons (Fsp3) is 0.417. The van der Waals surface area contributed by atoms with E-state index in [4.69, 9.17) is 18.9 Å². The number of halogens is 1. The lowest BCUT2D eigenvalue weighted by Crippen LogP contribution is -2.38. The molecule has 0 aliphatic rings. The smallest absolute Gasteiger partial charge is 0.341 e. The van der Waals surface area contributed by atoms with E-state index in [1.54, 1.807) is 19.2 Å². The van der Waals surface area contributed by atoms with E-state index in [1.165, 1.54) is 14.2 Å². The molecule has 8 nitrogen and oxygen atoms in total. The third-order valence-electron chi connectivity index (χ3n) is 4.77. The van der Waals surface area contributed by atoms with Crippen LogP contribution < -0.4 is 24.8 Å². The molecule has 0 fully saturated rings. The van der Waals surface area contributed by atoms with Gasteiger partial charge in [0.15, 0.2) is 17.5 Å². The lowest BCUT2D eigenvalue weighted by molar-refractivity contribution is 0.0597. The Morgan fingerprint density at radius 1 is 1.00 bits per heavy atom. The highest BCUT2D eigenvalue weighted by molar-refractivity contribution is 14.0. The van der Waals surface area contributed by atoms with Gasteiger partial charge in [-0.25, -0.2) is 4.79 Å². The Bertz CT molecular complexity index is 936. The second-order valence-corrected chi connectivity index (χ2v) is 6.89. The van der Waals surface area contributed by atoms with Gasteiger partial charge in [0.2, 0.25) is 0 Å². The Balaban J connectivity index is 0.00000544. The number of carbonyl (C=O) groups is 1. The summed E-state index contributed by atoms with van der Waals surface area (Å²) in [7, 11) is 4.57. The van der Waals surface area contributed by atoms with Gasteiger partial charge < -0.3 is 29.6 Å². The Morgan fingerprint density at radius 2 is 1.67 bits per heavy atom. The van der Waals surface area contributed by atoms with Crippen molar-refractivity contribution in [2.45, 2.75) is 33.4 Å². The number of benzene rings is 2. The number of ether oxygens (including phenoxy) is 4. The van der Waals surface area contributed by atoms with Crippen molar-refractivity contribution in [2.24, 2.45) is 4.99 Å². The lowest BCUT2D eigenvalue weighted by Gasteiger charge is -2.20. The first-order valence-corrected chi connectivity index (χ1v) is 10.6. The lowest BCUT2D eigenvalue weighted by atomic mass is 10.1. The minimum absolute atomic E-state index is 0. The second kappa shape index (κ2) is 14.5. The highest BCUT2D eigenvalue weighted by Gasteiger charge is 2.15. The maximum absolute atomic E-state index is 12.0. The highest BCUT2D eigenvalue weighted by atomic mass is 127. The summed E-state index contributed by atoms with van der Waals surface area (Å²) in [6.07, 6.45) is 0. The average molecular weight is 571 g/mol. The molecule has 0 saturated carbocycles. The maximum atomic E-state index is 12.0. The fourth-order valence-corrected chi connectivity index (χ4v) is 3.14. The van der Waals surface area contributed by atoms with Crippen molar-refractivity contribution in [1.29, 1.82) is 0 Å². The molecule has 2 aromatic carbocycles. The molecule has 0 saturated heterocycles. The van der Waals surface area contributed by atoms with Crippen LogP contribution in [0.5, 0.6) is 17.2 Å². The van der Waals surface area contributed by atoms with E-state index < -0.39 is 5.97 Å². The molecule has 0 aliphatic heterocycles. The summed E-state index contributed by atoms with van der Waals surface area (Å²) in [6, 6.07) is 11.3. The summed E-state index contributed by atoms with van der Waals surface area (Å²) in [6.45, 7) is 7.53. The first-order chi connectivity index (χ1) is 15.5. The number of rotatable bonds is 10. The topological polar surface area (TPSA) is 90.4 Å². The average Bonchev–Trinajstić information content (AvgIpc) is 2.82. The second-order valence-electron chi connectivity index (χ2n) is 6.89. The SMILES string of the molecule is CCOc1ccc(C(C)NC(=NC)NCc2ccc(OC)c(C(=O)OC)c2)cc1OCC.I. The molecule has 0 bridgehead atoms.